The molecule has 0 spiro atoms. The maximum Gasteiger partial charge on any atom is 0.193 e. The number of nitrogens with zero attached hydrogens (tertiary/aromatic N) is 2. The first kappa shape index (κ1) is 20.6. The number of unbranched alkanes of at least 4 members (excludes halogenated alkanes) is 1. The second kappa shape index (κ2) is 11.8. The molecule has 0 aliphatic carbocycles. The Morgan fingerprint density at radius 3 is 2.54 bits per heavy atom. The maximum atomic E-state index is 5.73. The van der Waals surface area contributed by atoms with E-state index in [1.165, 1.54) is 5.56 Å². The van der Waals surface area contributed by atoms with Crippen LogP contribution in [0.25, 0.3) is 0 Å². The van der Waals surface area contributed by atoms with Crippen molar-refractivity contribution in [3.05, 3.63) is 29.8 Å². The van der Waals surface area contributed by atoms with Crippen molar-refractivity contribution in [2.24, 2.45) is 4.99 Å². The molecule has 0 atom stereocenters. The highest BCUT2D eigenvalue weighted by Gasteiger charge is 2.21. The Kier molecular flexibility index (Phi) is 9.32. The first-order valence-corrected chi connectivity index (χ1v) is 10.1. The molecule has 26 heavy (non-hydrogen) atoms. The van der Waals surface area contributed by atoms with Gasteiger partial charge >= 0.3 is 0 Å². The van der Waals surface area contributed by atoms with Crippen molar-refractivity contribution in [1.29, 1.82) is 0 Å². The van der Waals surface area contributed by atoms with Crippen LogP contribution in [0.1, 0.15) is 45.1 Å². The SMILES string of the molecule is CCCCOc1ccc(CCNC(=NC)N2CCC(OCC)CC2)cc1. The van der Waals surface area contributed by atoms with Gasteiger partial charge in [0.1, 0.15) is 5.75 Å². The molecule has 5 nitrogen and oxygen atoms in total. The van der Waals surface area contributed by atoms with E-state index in [-0.39, 0.29) is 0 Å². The van der Waals surface area contributed by atoms with Crippen LogP contribution < -0.4 is 10.1 Å². The summed E-state index contributed by atoms with van der Waals surface area (Å²) in [6.07, 6.45) is 5.81. The van der Waals surface area contributed by atoms with E-state index in [2.05, 4.69) is 53.3 Å². The Morgan fingerprint density at radius 1 is 1.19 bits per heavy atom. The molecular formula is C21H35N3O2. The normalized spacial score (nSPS) is 16.0. The molecule has 0 bridgehead atoms. The third-order valence-corrected chi connectivity index (χ3v) is 4.74. The molecule has 0 radical (unpaired) electrons. The molecule has 0 amide bonds. The van der Waals surface area contributed by atoms with E-state index >= 15 is 0 Å². The standard InChI is InChI=1S/C21H35N3O2/c1-4-6-17-26-19-9-7-18(8-10-19)11-14-23-21(22-3)24-15-12-20(13-16-24)25-5-2/h7-10,20H,4-6,11-17H2,1-3H3,(H,22,23). The van der Waals surface area contributed by atoms with E-state index in [0.29, 0.717) is 6.10 Å². The van der Waals surface area contributed by atoms with Gasteiger partial charge in [-0.15, -0.1) is 0 Å². The van der Waals surface area contributed by atoms with Gasteiger partial charge in [-0.2, -0.15) is 0 Å². The van der Waals surface area contributed by atoms with Crippen LogP contribution in [0.3, 0.4) is 0 Å². The zero-order valence-electron chi connectivity index (χ0n) is 16.7. The van der Waals surface area contributed by atoms with E-state index in [4.69, 9.17) is 9.47 Å². The summed E-state index contributed by atoms with van der Waals surface area (Å²) in [7, 11) is 1.86. The Morgan fingerprint density at radius 2 is 1.92 bits per heavy atom. The van der Waals surface area contributed by atoms with Crippen LogP contribution >= 0.6 is 0 Å². The molecule has 2 rings (SSSR count). The summed E-state index contributed by atoms with van der Waals surface area (Å²) < 4.78 is 11.4. The third kappa shape index (κ3) is 6.87. The van der Waals surface area contributed by atoms with Gasteiger partial charge in [-0.1, -0.05) is 25.5 Å². The molecule has 146 valence electrons. The highest BCUT2D eigenvalue weighted by Crippen LogP contribution is 2.14. The first-order valence-electron chi connectivity index (χ1n) is 10.1. The summed E-state index contributed by atoms with van der Waals surface area (Å²) in [5.74, 6) is 1.96. The van der Waals surface area contributed by atoms with Crippen LogP contribution in [0.4, 0.5) is 0 Å². The van der Waals surface area contributed by atoms with Crippen molar-refractivity contribution >= 4 is 5.96 Å². The van der Waals surface area contributed by atoms with Crippen LogP contribution in [0.2, 0.25) is 0 Å². The van der Waals surface area contributed by atoms with Gasteiger partial charge in [0.2, 0.25) is 0 Å². The van der Waals surface area contributed by atoms with Crippen LogP contribution in [-0.4, -0.2) is 56.9 Å². The van der Waals surface area contributed by atoms with Crippen LogP contribution in [0.15, 0.2) is 29.3 Å². The number of benzene rings is 1. The summed E-state index contributed by atoms with van der Waals surface area (Å²) >= 11 is 0. The van der Waals surface area contributed by atoms with Crippen molar-refractivity contribution in [1.82, 2.24) is 10.2 Å². The average Bonchev–Trinajstić information content (AvgIpc) is 2.68. The number of piperidine rings is 1. The van der Waals surface area contributed by atoms with Crippen molar-refractivity contribution in [3.8, 4) is 5.75 Å². The number of aliphatic imine (C=N–C) groups is 1. The van der Waals surface area contributed by atoms with Gasteiger partial charge in [0.15, 0.2) is 5.96 Å². The molecule has 0 aromatic heterocycles. The molecule has 1 aromatic rings. The van der Waals surface area contributed by atoms with Crippen LogP contribution in [0, 0.1) is 0 Å². The maximum absolute atomic E-state index is 5.73. The fourth-order valence-electron chi connectivity index (χ4n) is 3.21. The molecule has 0 unspecified atom stereocenters. The highest BCUT2D eigenvalue weighted by molar-refractivity contribution is 5.79. The topological polar surface area (TPSA) is 46.1 Å². The summed E-state index contributed by atoms with van der Waals surface area (Å²) in [6.45, 7) is 8.75. The number of rotatable bonds is 9. The fraction of sp³-hybridized carbons (Fsp3) is 0.667. The first-order chi connectivity index (χ1) is 12.8. The predicted molar refractivity (Wildman–Crippen MR) is 108 cm³/mol. The zero-order valence-corrected chi connectivity index (χ0v) is 16.7. The van der Waals surface area contributed by atoms with Crippen molar-refractivity contribution < 1.29 is 9.47 Å². The molecule has 1 fully saturated rings. The van der Waals surface area contributed by atoms with E-state index in [9.17, 15) is 0 Å². The van der Waals surface area contributed by atoms with E-state index in [1.807, 2.05) is 7.05 Å². The van der Waals surface area contributed by atoms with Crippen LogP contribution in [-0.2, 0) is 11.2 Å². The largest absolute Gasteiger partial charge is 0.494 e. The number of likely N-dealkylation sites (tertiary alicyclic amines) is 1. The molecule has 1 N–H and O–H groups in total. The minimum Gasteiger partial charge on any atom is -0.494 e. The Labute approximate surface area is 158 Å². The average molecular weight is 362 g/mol. The molecular weight excluding hydrogens is 326 g/mol. The number of nitrogens with one attached hydrogen (secondary N) is 1. The van der Waals surface area contributed by atoms with Gasteiger partial charge in [0.25, 0.3) is 0 Å². The minimum atomic E-state index is 0.410. The zero-order chi connectivity index (χ0) is 18.6. The smallest absolute Gasteiger partial charge is 0.193 e. The Balaban J connectivity index is 1.70. The van der Waals surface area contributed by atoms with Gasteiger partial charge in [0, 0.05) is 33.3 Å². The Bertz CT molecular complexity index is 523. The van der Waals surface area contributed by atoms with Crippen molar-refractivity contribution in [3.63, 3.8) is 0 Å². The Hall–Kier alpha value is -1.75. The molecule has 1 saturated heterocycles. The second-order valence-corrected chi connectivity index (χ2v) is 6.71. The van der Waals surface area contributed by atoms with E-state index in [0.717, 1.165) is 76.7 Å². The van der Waals surface area contributed by atoms with Gasteiger partial charge < -0.3 is 19.7 Å². The third-order valence-electron chi connectivity index (χ3n) is 4.74. The molecule has 1 aromatic carbocycles. The monoisotopic (exact) mass is 361 g/mol. The summed E-state index contributed by atoms with van der Waals surface area (Å²) in [6, 6.07) is 8.44. The molecule has 5 heteroatoms. The molecule has 1 heterocycles. The lowest BCUT2D eigenvalue weighted by Gasteiger charge is -2.34. The van der Waals surface area contributed by atoms with E-state index in [1.54, 1.807) is 0 Å². The number of ether oxygens (including phenoxy) is 2. The highest BCUT2D eigenvalue weighted by atomic mass is 16.5. The predicted octanol–water partition coefficient (Wildman–Crippen LogP) is 3.48. The van der Waals surface area contributed by atoms with Crippen molar-refractivity contribution in [2.45, 2.75) is 52.1 Å². The quantitative estimate of drug-likeness (QED) is 0.415. The van der Waals surface area contributed by atoms with Crippen molar-refractivity contribution in [2.75, 3.05) is 39.9 Å². The molecule has 1 aliphatic rings. The van der Waals surface area contributed by atoms with Gasteiger partial charge in [-0.05, 0) is 50.3 Å². The summed E-state index contributed by atoms with van der Waals surface area (Å²) in [4.78, 5) is 6.77. The molecule has 0 saturated carbocycles. The lowest BCUT2D eigenvalue weighted by Crippen LogP contribution is -2.47. The lowest BCUT2D eigenvalue weighted by atomic mass is 10.1. The van der Waals surface area contributed by atoms with Crippen LogP contribution in [0.5, 0.6) is 5.75 Å². The summed E-state index contributed by atoms with van der Waals surface area (Å²) in [5.41, 5.74) is 1.31. The lowest BCUT2D eigenvalue weighted by molar-refractivity contribution is 0.0264. The second-order valence-electron chi connectivity index (χ2n) is 6.71. The fourth-order valence-corrected chi connectivity index (χ4v) is 3.21. The van der Waals surface area contributed by atoms with Gasteiger partial charge in [-0.25, -0.2) is 0 Å². The van der Waals surface area contributed by atoms with Gasteiger partial charge in [-0.3, -0.25) is 4.99 Å². The number of hydrogen-bond donors (Lipinski definition) is 1. The van der Waals surface area contributed by atoms with E-state index < -0.39 is 0 Å². The molecule has 1 aliphatic heterocycles. The summed E-state index contributed by atoms with van der Waals surface area (Å²) in [5, 5.41) is 3.49. The number of hydrogen-bond acceptors (Lipinski definition) is 3. The number of guanidine groups is 1. The van der Waals surface area contributed by atoms with Gasteiger partial charge in [0.05, 0.1) is 12.7 Å². The minimum absolute atomic E-state index is 0.410.